The molecule has 1 unspecified atom stereocenters. The minimum atomic E-state index is -0.175. The van der Waals surface area contributed by atoms with E-state index in [1.165, 1.54) is 6.33 Å². The minimum Gasteiger partial charge on any atom is -0.497 e. The molecule has 0 spiro atoms. The van der Waals surface area contributed by atoms with Gasteiger partial charge in [-0.2, -0.15) is 5.10 Å². The number of ether oxygens (including phenoxy) is 2. The minimum absolute atomic E-state index is 0.0570. The van der Waals surface area contributed by atoms with Crippen LogP contribution in [0.4, 0.5) is 11.5 Å². The Bertz CT molecular complexity index is 992. The van der Waals surface area contributed by atoms with Crippen molar-refractivity contribution in [2.75, 3.05) is 37.5 Å². The first-order valence-corrected chi connectivity index (χ1v) is 9.64. The largest absolute Gasteiger partial charge is 0.497 e. The summed E-state index contributed by atoms with van der Waals surface area (Å²) < 4.78 is 12.2. The van der Waals surface area contributed by atoms with E-state index in [0.717, 1.165) is 25.2 Å². The summed E-state index contributed by atoms with van der Waals surface area (Å²) >= 11 is 0. The van der Waals surface area contributed by atoms with Gasteiger partial charge in [0.05, 0.1) is 25.8 Å². The second kappa shape index (κ2) is 8.76. The number of piperidine rings is 1. The lowest BCUT2D eigenvalue weighted by Gasteiger charge is -2.32. The number of aromatic nitrogens is 5. The summed E-state index contributed by atoms with van der Waals surface area (Å²) in [4.78, 5) is 18.9. The van der Waals surface area contributed by atoms with E-state index < -0.39 is 0 Å². The van der Waals surface area contributed by atoms with Gasteiger partial charge in [-0.25, -0.2) is 9.67 Å². The van der Waals surface area contributed by atoms with Crippen molar-refractivity contribution in [3.05, 3.63) is 43.0 Å². The molecular weight excluding hydrogens is 386 g/mol. The molecule has 10 nitrogen and oxygen atoms in total. The predicted molar refractivity (Wildman–Crippen MR) is 110 cm³/mol. The Balaban J connectivity index is 1.44. The third-order valence-electron chi connectivity index (χ3n) is 5.07. The monoisotopic (exact) mass is 409 g/mol. The first-order chi connectivity index (χ1) is 14.7. The van der Waals surface area contributed by atoms with Crippen LogP contribution in [0.2, 0.25) is 0 Å². The quantitative estimate of drug-likeness (QED) is 0.658. The van der Waals surface area contributed by atoms with Crippen LogP contribution in [0.15, 0.2) is 43.0 Å². The highest BCUT2D eigenvalue weighted by molar-refractivity contribution is 5.94. The molecule has 3 heterocycles. The molecule has 1 atom stereocenters. The summed E-state index contributed by atoms with van der Waals surface area (Å²) in [6.07, 6.45) is 4.71. The van der Waals surface area contributed by atoms with E-state index in [2.05, 4.69) is 30.5 Å². The van der Waals surface area contributed by atoms with Crippen molar-refractivity contribution in [1.29, 1.82) is 0 Å². The first-order valence-electron chi connectivity index (χ1n) is 9.64. The van der Waals surface area contributed by atoms with Gasteiger partial charge in [-0.15, -0.1) is 10.2 Å². The smallest absolute Gasteiger partial charge is 0.229 e. The molecule has 10 heteroatoms. The number of carbonyl (C=O) groups excluding carboxylic acids is 1. The second-order valence-electron chi connectivity index (χ2n) is 6.93. The Labute approximate surface area is 173 Å². The molecule has 30 heavy (non-hydrogen) atoms. The van der Waals surface area contributed by atoms with E-state index in [1.807, 2.05) is 12.1 Å². The van der Waals surface area contributed by atoms with Crippen molar-refractivity contribution in [1.82, 2.24) is 25.0 Å². The van der Waals surface area contributed by atoms with Gasteiger partial charge in [-0.1, -0.05) is 0 Å². The summed E-state index contributed by atoms with van der Waals surface area (Å²) in [5.74, 6) is 2.33. The fourth-order valence-corrected chi connectivity index (χ4v) is 3.48. The molecule has 0 radical (unpaired) electrons. The van der Waals surface area contributed by atoms with Gasteiger partial charge >= 0.3 is 0 Å². The van der Waals surface area contributed by atoms with Gasteiger partial charge in [0.1, 0.15) is 24.2 Å². The number of benzene rings is 1. The number of hydrogen-bond donors (Lipinski definition) is 1. The van der Waals surface area contributed by atoms with Gasteiger partial charge < -0.3 is 19.7 Å². The fourth-order valence-electron chi connectivity index (χ4n) is 3.48. The summed E-state index contributed by atoms with van der Waals surface area (Å²) in [6, 6.07) is 9.04. The average molecular weight is 409 g/mol. The van der Waals surface area contributed by atoms with Crippen molar-refractivity contribution < 1.29 is 14.3 Å². The van der Waals surface area contributed by atoms with Gasteiger partial charge in [-0.05, 0) is 37.1 Å². The average Bonchev–Trinajstić information content (AvgIpc) is 3.34. The summed E-state index contributed by atoms with van der Waals surface area (Å²) in [5.41, 5.74) is 0.593. The van der Waals surface area contributed by atoms with Crippen LogP contribution in [0.5, 0.6) is 11.5 Å². The number of carbonyl (C=O) groups is 1. The number of rotatable bonds is 6. The highest BCUT2D eigenvalue weighted by Crippen LogP contribution is 2.30. The Hall–Kier alpha value is -3.69. The third-order valence-corrected chi connectivity index (χ3v) is 5.07. The van der Waals surface area contributed by atoms with Crippen molar-refractivity contribution in [3.63, 3.8) is 0 Å². The van der Waals surface area contributed by atoms with Crippen LogP contribution in [-0.4, -0.2) is 58.2 Å². The Morgan fingerprint density at radius 2 is 1.97 bits per heavy atom. The number of hydrogen-bond acceptors (Lipinski definition) is 8. The summed E-state index contributed by atoms with van der Waals surface area (Å²) in [7, 11) is 3.16. The van der Waals surface area contributed by atoms with Crippen LogP contribution in [0.1, 0.15) is 12.8 Å². The molecule has 1 fully saturated rings. The molecule has 4 rings (SSSR count). The normalized spacial score (nSPS) is 16.2. The van der Waals surface area contributed by atoms with Crippen LogP contribution in [0.25, 0.3) is 5.82 Å². The lowest BCUT2D eigenvalue weighted by Crippen LogP contribution is -2.41. The maximum Gasteiger partial charge on any atom is 0.229 e. The number of anilines is 2. The van der Waals surface area contributed by atoms with Crippen LogP contribution >= 0.6 is 0 Å². The number of nitrogens with zero attached hydrogens (tertiary/aromatic N) is 6. The van der Waals surface area contributed by atoms with Crippen LogP contribution in [0, 0.1) is 5.92 Å². The maximum atomic E-state index is 12.9. The molecule has 0 bridgehead atoms. The highest BCUT2D eigenvalue weighted by atomic mass is 16.5. The summed E-state index contributed by atoms with van der Waals surface area (Å²) in [5, 5.41) is 15.5. The van der Waals surface area contributed by atoms with E-state index in [1.54, 1.807) is 43.4 Å². The number of methoxy groups -OCH3 is 2. The van der Waals surface area contributed by atoms with Crippen molar-refractivity contribution >= 4 is 17.4 Å². The standard InChI is InChI=1S/C20H23N7O3/c1-29-15-5-6-17(30-2)16(10-15)23-20(28)14-4-3-9-26(11-14)18-7-8-19(25-24-18)27-13-21-12-22-27/h5-8,10,12-14H,3-4,9,11H2,1-2H3,(H,23,28). The molecule has 1 N–H and O–H groups in total. The van der Waals surface area contributed by atoms with Crippen molar-refractivity contribution in [2.24, 2.45) is 5.92 Å². The molecule has 1 saturated heterocycles. The lowest BCUT2D eigenvalue weighted by molar-refractivity contribution is -0.120. The zero-order valence-electron chi connectivity index (χ0n) is 16.9. The highest BCUT2D eigenvalue weighted by Gasteiger charge is 2.27. The Kier molecular flexibility index (Phi) is 5.73. The van der Waals surface area contributed by atoms with Gasteiger partial charge in [0.15, 0.2) is 11.6 Å². The van der Waals surface area contributed by atoms with Crippen LogP contribution in [-0.2, 0) is 4.79 Å². The lowest BCUT2D eigenvalue weighted by atomic mass is 9.97. The van der Waals surface area contributed by atoms with Crippen molar-refractivity contribution in [3.8, 4) is 17.3 Å². The molecule has 2 aromatic heterocycles. The molecule has 1 amide bonds. The van der Waals surface area contributed by atoms with Gasteiger partial charge in [0.25, 0.3) is 0 Å². The van der Waals surface area contributed by atoms with E-state index in [-0.39, 0.29) is 11.8 Å². The topological polar surface area (TPSA) is 107 Å². The first kappa shape index (κ1) is 19.6. The Morgan fingerprint density at radius 3 is 2.67 bits per heavy atom. The van der Waals surface area contributed by atoms with Crippen LogP contribution in [0.3, 0.4) is 0 Å². The SMILES string of the molecule is COc1ccc(OC)c(NC(=O)C2CCCN(c3ccc(-n4cncn4)nn3)C2)c1. The third kappa shape index (κ3) is 4.17. The molecule has 1 aliphatic heterocycles. The molecule has 1 aliphatic rings. The summed E-state index contributed by atoms with van der Waals surface area (Å²) in [6.45, 7) is 1.39. The fraction of sp³-hybridized carbons (Fsp3) is 0.350. The van der Waals surface area contributed by atoms with Crippen LogP contribution < -0.4 is 19.7 Å². The maximum absolute atomic E-state index is 12.9. The molecule has 1 aromatic carbocycles. The van der Waals surface area contributed by atoms with E-state index in [0.29, 0.717) is 29.5 Å². The Morgan fingerprint density at radius 1 is 1.13 bits per heavy atom. The zero-order chi connectivity index (χ0) is 20.9. The molecule has 3 aromatic rings. The van der Waals surface area contributed by atoms with Crippen molar-refractivity contribution in [2.45, 2.75) is 12.8 Å². The number of amides is 1. The molecule has 0 aliphatic carbocycles. The molecular formula is C20H23N7O3. The zero-order valence-corrected chi connectivity index (χ0v) is 16.9. The van der Waals surface area contributed by atoms with Gasteiger partial charge in [0, 0.05) is 19.2 Å². The van der Waals surface area contributed by atoms with E-state index in [4.69, 9.17) is 9.47 Å². The number of nitrogens with one attached hydrogen (secondary N) is 1. The van der Waals surface area contributed by atoms with E-state index in [9.17, 15) is 4.79 Å². The van der Waals surface area contributed by atoms with Gasteiger partial charge in [-0.3, -0.25) is 4.79 Å². The van der Waals surface area contributed by atoms with E-state index >= 15 is 0 Å². The second-order valence-corrected chi connectivity index (χ2v) is 6.93. The van der Waals surface area contributed by atoms with Gasteiger partial charge in [0.2, 0.25) is 5.91 Å². The molecule has 0 saturated carbocycles. The predicted octanol–water partition coefficient (Wildman–Crippen LogP) is 1.93. The molecule has 156 valence electrons.